The first kappa shape index (κ1) is 20.1. The van der Waals surface area contributed by atoms with Crippen molar-refractivity contribution in [3.63, 3.8) is 0 Å². The van der Waals surface area contributed by atoms with Gasteiger partial charge in [0.05, 0.1) is 16.3 Å². The molecule has 2 aliphatic rings. The first-order valence-corrected chi connectivity index (χ1v) is 11.3. The van der Waals surface area contributed by atoms with Crippen molar-refractivity contribution in [3.05, 3.63) is 46.7 Å². The summed E-state index contributed by atoms with van der Waals surface area (Å²) in [5.74, 6) is -0.292. The van der Waals surface area contributed by atoms with Gasteiger partial charge in [0, 0.05) is 38.2 Å². The molecule has 4 heterocycles. The van der Waals surface area contributed by atoms with Crippen LogP contribution in [0, 0.1) is 12.7 Å². The molecule has 0 saturated carbocycles. The molecule has 2 aromatic heterocycles. The maximum absolute atomic E-state index is 13.3. The number of fused-ring (bicyclic) bond motifs is 1. The van der Waals surface area contributed by atoms with E-state index in [1.54, 1.807) is 26.6 Å². The first-order valence-electron chi connectivity index (χ1n) is 10.5. The number of halogens is 1. The van der Waals surface area contributed by atoms with E-state index in [0.717, 1.165) is 34.4 Å². The Hall–Kier alpha value is -2.78. The van der Waals surface area contributed by atoms with Gasteiger partial charge in [0.1, 0.15) is 16.8 Å². The van der Waals surface area contributed by atoms with Gasteiger partial charge in [0.2, 0.25) is 0 Å². The van der Waals surface area contributed by atoms with Crippen LogP contribution in [0.2, 0.25) is 0 Å². The van der Waals surface area contributed by atoms with E-state index in [4.69, 9.17) is 4.74 Å². The van der Waals surface area contributed by atoms with E-state index in [1.807, 2.05) is 13.0 Å². The summed E-state index contributed by atoms with van der Waals surface area (Å²) in [6.07, 6.45) is 1.39. The molecule has 1 unspecified atom stereocenters. The SMILES string of the molecule is Cc1nn(-c2ccc(F)cc2)c2sc(C(=O)N3CCN(C(=O)C4CCCO4)CC3)cc12. The highest BCUT2D eigenvalue weighted by molar-refractivity contribution is 7.20. The number of carbonyl (C=O) groups excluding carboxylic acids is 2. The molecule has 0 aliphatic carbocycles. The van der Waals surface area contributed by atoms with Gasteiger partial charge >= 0.3 is 0 Å². The van der Waals surface area contributed by atoms with Gasteiger partial charge in [-0.2, -0.15) is 5.10 Å². The van der Waals surface area contributed by atoms with Crippen LogP contribution in [-0.2, 0) is 9.53 Å². The molecule has 31 heavy (non-hydrogen) atoms. The Morgan fingerprint density at radius 2 is 1.84 bits per heavy atom. The molecule has 2 fully saturated rings. The van der Waals surface area contributed by atoms with Crippen molar-refractivity contribution in [1.82, 2.24) is 19.6 Å². The quantitative estimate of drug-likeness (QED) is 0.626. The fourth-order valence-corrected chi connectivity index (χ4v) is 5.32. The number of hydrogen-bond donors (Lipinski definition) is 0. The van der Waals surface area contributed by atoms with Crippen LogP contribution in [0.1, 0.15) is 28.2 Å². The van der Waals surface area contributed by atoms with E-state index in [2.05, 4.69) is 5.10 Å². The van der Waals surface area contributed by atoms with Crippen LogP contribution in [0.3, 0.4) is 0 Å². The number of ether oxygens (including phenoxy) is 1. The molecule has 7 nitrogen and oxygen atoms in total. The largest absolute Gasteiger partial charge is 0.368 e. The predicted octanol–water partition coefficient (Wildman–Crippen LogP) is 3.00. The minimum absolute atomic E-state index is 0.0320. The molecule has 2 aliphatic heterocycles. The summed E-state index contributed by atoms with van der Waals surface area (Å²) in [6, 6.07) is 8.03. The fourth-order valence-electron chi connectivity index (χ4n) is 4.17. The number of hydrogen-bond acceptors (Lipinski definition) is 5. The molecular weight excluding hydrogens is 419 g/mol. The van der Waals surface area contributed by atoms with Crippen LogP contribution in [0.4, 0.5) is 4.39 Å². The highest BCUT2D eigenvalue weighted by Crippen LogP contribution is 2.31. The van der Waals surface area contributed by atoms with Gasteiger partial charge in [-0.25, -0.2) is 9.07 Å². The molecule has 162 valence electrons. The van der Waals surface area contributed by atoms with Crippen LogP contribution in [0.25, 0.3) is 15.9 Å². The van der Waals surface area contributed by atoms with Crippen LogP contribution >= 0.6 is 11.3 Å². The van der Waals surface area contributed by atoms with E-state index in [1.165, 1.54) is 23.5 Å². The molecule has 2 amide bonds. The lowest BCUT2D eigenvalue weighted by Crippen LogP contribution is -2.52. The number of carbonyl (C=O) groups is 2. The van der Waals surface area contributed by atoms with E-state index in [9.17, 15) is 14.0 Å². The first-order chi connectivity index (χ1) is 15.0. The molecule has 0 bridgehead atoms. The van der Waals surface area contributed by atoms with Gasteiger partial charge in [-0.15, -0.1) is 11.3 Å². The Bertz CT molecular complexity index is 1130. The van der Waals surface area contributed by atoms with Crippen molar-refractivity contribution in [1.29, 1.82) is 0 Å². The topological polar surface area (TPSA) is 67.7 Å². The number of aromatic nitrogens is 2. The van der Waals surface area contributed by atoms with Crippen molar-refractivity contribution >= 4 is 33.4 Å². The lowest BCUT2D eigenvalue weighted by atomic mass is 10.2. The number of thiophene rings is 1. The molecule has 2 saturated heterocycles. The maximum Gasteiger partial charge on any atom is 0.264 e. The summed E-state index contributed by atoms with van der Waals surface area (Å²) in [5, 5.41) is 5.47. The third-order valence-corrected chi connectivity index (χ3v) is 7.01. The van der Waals surface area contributed by atoms with Crippen molar-refractivity contribution < 1.29 is 18.7 Å². The van der Waals surface area contributed by atoms with Crippen LogP contribution in [0.15, 0.2) is 30.3 Å². The van der Waals surface area contributed by atoms with E-state index >= 15 is 0 Å². The zero-order valence-corrected chi connectivity index (χ0v) is 18.0. The van der Waals surface area contributed by atoms with E-state index in [-0.39, 0.29) is 23.7 Å². The highest BCUT2D eigenvalue weighted by atomic mass is 32.1. The number of amides is 2. The van der Waals surface area contributed by atoms with Gasteiger partial charge in [0.25, 0.3) is 11.8 Å². The average molecular weight is 443 g/mol. The van der Waals surface area contributed by atoms with Gasteiger partial charge in [-0.3, -0.25) is 9.59 Å². The summed E-state index contributed by atoms with van der Waals surface area (Å²) < 4.78 is 20.6. The Balaban J connectivity index is 1.32. The third kappa shape index (κ3) is 3.72. The second kappa shape index (κ2) is 8.05. The van der Waals surface area contributed by atoms with Crippen LogP contribution in [0.5, 0.6) is 0 Å². The van der Waals surface area contributed by atoms with Crippen molar-refractivity contribution in [2.45, 2.75) is 25.9 Å². The summed E-state index contributed by atoms with van der Waals surface area (Å²) in [5.41, 5.74) is 1.57. The predicted molar refractivity (Wildman–Crippen MR) is 115 cm³/mol. The van der Waals surface area contributed by atoms with Gasteiger partial charge in [0.15, 0.2) is 0 Å². The molecule has 3 aromatic rings. The monoisotopic (exact) mass is 442 g/mol. The van der Waals surface area contributed by atoms with Crippen molar-refractivity contribution in [3.8, 4) is 5.69 Å². The summed E-state index contributed by atoms with van der Waals surface area (Å²) in [7, 11) is 0. The summed E-state index contributed by atoms with van der Waals surface area (Å²) >= 11 is 1.39. The fraction of sp³-hybridized carbons (Fsp3) is 0.409. The minimum Gasteiger partial charge on any atom is -0.368 e. The molecule has 0 radical (unpaired) electrons. The Labute approximate surface area is 183 Å². The minimum atomic E-state index is -0.317. The summed E-state index contributed by atoms with van der Waals surface area (Å²) in [4.78, 5) is 30.8. The van der Waals surface area contributed by atoms with Gasteiger partial charge in [-0.1, -0.05) is 0 Å². The molecule has 9 heteroatoms. The Morgan fingerprint density at radius 3 is 2.52 bits per heavy atom. The van der Waals surface area contributed by atoms with E-state index in [0.29, 0.717) is 37.7 Å². The smallest absolute Gasteiger partial charge is 0.264 e. The molecular formula is C22H23FN4O3S. The average Bonchev–Trinajstić information content (AvgIpc) is 3.52. The number of nitrogens with zero attached hydrogens (tertiary/aromatic N) is 4. The Kier molecular flexibility index (Phi) is 5.23. The second-order valence-electron chi connectivity index (χ2n) is 7.92. The van der Waals surface area contributed by atoms with Crippen molar-refractivity contribution in [2.75, 3.05) is 32.8 Å². The molecule has 0 N–H and O–H groups in total. The molecule has 5 rings (SSSR count). The standard InChI is InChI=1S/C22H23FN4O3S/c1-14-17-13-19(31-22(17)27(24-14)16-6-4-15(23)5-7-16)21(29)26-10-8-25(9-11-26)20(28)18-3-2-12-30-18/h4-7,13,18H,2-3,8-12H2,1H3. The summed E-state index contributed by atoms with van der Waals surface area (Å²) in [6.45, 7) is 4.62. The van der Waals surface area contributed by atoms with E-state index < -0.39 is 0 Å². The van der Waals surface area contributed by atoms with Gasteiger partial charge in [-0.05, 0) is 50.1 Å². The molecule has 1 atom stereocenters. The zero-order valence-electron chi connectivity index (χ0n) is 17.2. The second-order valence-corrected chi connectivity index (χ2v) is 8.95. The number of benzene rings is 1. The normalized spacial score (nSPS) is 19.4. The van der Waals surface area contributed by atoms with Gasteiger partial charge < -0.3 is 14.5 Å². The molecule has 1 aromatic carbocycles. The van der Waals surface area contributed by atoms with Crippen LogP contribution in [-0.4, -0.2) is 70.3 Å². The lowest BCUT2D eigenvalue weighted by Gasteiger charge is -2.35. The number of piperazine rings is 1. The number of aryl methyl sites for hydroxylation is 1. The third-order valence-electron chi connectivity index (χ3n) is 5.91. The number of rotatable bonds is 3. The zero-order chi connectivity index (χ0) is 21.5. The maximum atomic E-state index is 13.3. The highest BCUT2D eigenvalue weighted by Gasteiger charge is 2.32. The lowest BCUT2D eigenvalue weighted by molar-refractivity contribution is -0.142. The molecule has 0 spiro atoms. The van der Waals surface area contributed by atoms with Crippen LogP contribution < -0.4 is 0 Å². The Morgan fingerprint density at radius 1 is 1.13 bits per heavy atom. The van der Waals surface area contributed by atoms with Crippen molar-refractivity contribution in [2.24, 2.45) is 0 Å².